The van der Waals surface area contributed by atoms with Crippen molar-refractivity contribution in [3.05, 3.63) is 42.7 Å². The number of nitrogens with zero attached hydrogens (tertiary/aromatic N) is 6. The molecular formula is C28H37N9O5S. The van der Waals surface area contributed by atoms with Crippen molar-refractivity contribution in [2.24, 2.45) is 0 Å². The SMILES string of the molecule is CN(C)c1cccc2c(S(=O)(=O)NCCCCNc3nc4c(N)ncnc4n3[C@@H]3O[C@H](CN4CC4)[C@H](O)C3O)cccc12. The average molecular weight is 612 g/mol. The third kappa shape index (κ3) is 5.83. The Morgan fingerprint density at radius 1 is 1.05 bits per heavy atom. The Labute approximate surface area is 249 Å². The number of nitrogens with one attached hydrogen (secondary N) is 2. The number of nitrogens with two attached hydrogens (primary N) is 1. The van der Waals surface area contributed by atoms with Gasteiger partial charge in [0.1, 0.15) is 24.6 Å². The Hall–Kier alpha value is -3.60. The lowest BCUT2D eigenvalue weighted by Gasteiger charge is -2.20. The summed E-state index contributed by atoms with van der Waals surface area (Å²) in [5, 5.41) is 26.3. The largest absolute Gasteiger partial charge is 0.387 e. The van der Waals surface area contributed by atoms with Gasteiger partial charge in [0, 0.05) is 63.3 Å². The number of anilines is 3. The number of benzene rings is 2. The van der Waals surface area contributed by atoms with E-state index >= 15 is 0 Å². The van der Waals surface area contributed by atoms with Crippen LogP contribution in [0.25, 0.3) is 21.9 Å². The lowest BCUT2D eigenvalue weighted by molar-refractivity contribution is -0.0364. The zero-order valence-electron chi connectivity index (χ0n) is 24.1. The van der Waals surface area contributed by atoms with Crippen molar-refractivity contribution >= 4 is 49.4 Å². The highest BCUT2D eigenvalue weighted by Crippen LogP contribution is 2.36. The van der Waals surface area contributed by atoms with Crippen molar-refractivity contribution < 1.29 is 23.4 Å². The molecule has 2 fully saturated rings. The van der Waals surface area contributed by atoms with Crippen LogP contribution in [0.2, 0.25) is 0 Å². The molecule has 0 radical (unpaired) electrons. The van der Waals surface area contributed by atoms with Gasteiger partial charge in [0.25, 0.3) is 0 Å². The second-order valence-corrected chi connectivity index (χ2v) is 12.9. The summed E-state index contributed by atoms with van der Waals surface area (Å²) in [7, 11) is 0.118. The van der Waals surface area contributed by atoms with Gasteiger partial charge in [0.2, 0.25) is 16.0 Å². The molecule has 4 atom stereocenters. The molecule has 6 rings (SSSR count). The number of aromatic nitrogens is 4. The van der Waals surface area contributed by atoms with Gasteiger partial charge in [0.05, 0.1) is 4.90 Å². The van der Waals surface area contributed by atoms with Gasteiger partial charge in [0.15, 0.2) is 23.2 Å². The van der Waals surface area contributed by atoms with E-state index in [4.69, 9.17) is 10.5 Å². The molecule has 0 bridgehead atoms. The molecule has 43 heavy (non-hydrogen) atoms. The first-order valence-corrected chi connectivity index (χ1v) is 15.8. The molecular weight excluding hydrogens is 574 g/mol. The summed E-state index contributed by atoms with van der Waals surface area (Å²) >= 11 is 0. The number of fused-ring (bicyclic) bond motifs is 2. The molecule has 2 saturated heterocycles. The minimum atomic E-state index is -3.74. The standard InChI is InChI=1S/C28H37N9O5S/c1-35(2)19-9-5-8-18-17(19)7-6-10-21(18)43(40,41)33-12-4-3-11-30-28-34-22-25(29)31-16-32-26(22)37(28)27-24(39)23(38)20(42-27)15-36-13-14-36/h5-10,16,20,23-24,27,33,38-39H,3-4,11-15H2,1-2H3,(H,30,34)(H2,29,31,32)/t20-,23+,24?,27-/m1/s1. The van der Waals surface area contributed by atoms with Crippen LogP contribution >= 0.6 is 0 Å². The Morgan fingerprint density at radius 2 is 1.79 bits per heavy atom. The van der Waals surface area contributed by atoms with Crippen LogP contribution in [-0.4, -0.2) is 108 Å². The topological polar surface area (TPSA) is 184 Å². The maximum absolute atomic E-state index is 13.2. The average Bonchev–Trinajstić information content (AvgIpc) is 3.67. The Morgan fingerprint density at radius 3 is 2.56 bits per heavy atom. The van der Waals surface area contributed by atoms with E-state index in [1.165, 1.54) is 6.33 Å². The fourth-order valence-electron chi connectivity index (χ4n) is 5.52. The molecule has 230 valence electrons. The zero-order chi connectivity index (χ0) is 30.3. The molecule has 14 nitrogen and oxygen atoms in total. The lowest BCUT2D eigenvalue weighted by Crippen LogP contribution is -2.35. The number of hydrogen-bond donors (Lipinski definition) is 5. The second kappa shape index (κ2) is 11.8. The molecule has 0 saturated carbocycles. The predicted octanol–water partition coefficient (Wildman–Crippen LogP) is 0.733. The molecule has 6 N–H and O–H groups in total. The number of ether oxygens (including phenoxy) is 1. The van der Waals surface area contributed by atoms with Crippen LogP contribution in [0.15, 0.2) is 47.6 Å². The van der Waals surface area contributed by atoms with Crippen LogP contribution in [0.1, 0.15) is 19.1 Å². The van der Waals surface area contributed by atoms with Crippen molar-refractivity contribution in [1.29, 1.82) is 0 Å². The van der Waals surface area contributed by atoms with Gasteiger partial charge in [-0.3, -0.25) is 9.47 Å². The van der Waals surface area contributed by atoms with E-state index in [2.05, 4.69) is 29.9 Å². The Bertz CT molecular complexity index is 1730. The molecule has 2 aromatic heterocycles. The third-order valence-corrected chi connectivity index (χ3v) is 9.40. The van der Waals surface area contributed by atoms with Crippen LogP contribution in [0.5, 0.6) is 0 Å². The summed E-state index contributed by atoms with van der Waals surface area (Å²) in [6.07, 6.45) is -1.27. The van der Waals surface area contributed by atoms with Crippen LogP contribution in [0.4, 0.5) is 17.5 Å². The maximum Gasteiger partial charge on any atom is 0.241 e. The number of nitrogen functional groups attached to an aromatic ring is 1. The van der Waals surface area contributed by atoms with Crippen LogP contribution in [0, 0.1) is 0 Å². The number of imidazole rings is 1. The second-order valence-electron chi connectivity index (χ2n) is 11.1. The van der Waals surface area contributed by atoms with E-state index in [1.807, 2.05) is 43.3 Å². The number of aliphatic hydroxyl groups excluding tert-OH is 2. The summed E-state index contributed by atoms with van der Waals surface area (Å²) in [6, 6.07) is 10.9. The molecule has 0 spiro atoms. The highest BCUT2D eigenvalue weighted by atomic mass is 32.2. The monoisotopic (exact) mass is 611 g/mol. The quantitative estimate of drug-likeness (QED) is 0.112. The first-order chi connectivity index (χ1) is 20.7. The number of rotatable bonds is 12. The van der Waals surface area contributed by atoms with E-state index in [1.54, 1.807) is 16.7 Å². The Balaban J connectivity index is 1.11. The molecule has 0 aliphatic carbocycles. The van der Waals surface area contributed by atoms with Gasteiger partial charge in [-0.15, -0.1) is 0 Å². The van der Waals surface area contributed by atoms with E-state index in [9.17, 15) is 18.6 Å². The van der Waals surface area contributed by atoms with Crippen molar-refractivity contribution in [3.63, 3.8) is 0 Å². The summed E-state index contributed by atoms with van der Waals surface area (Å²) in [4.78, 5) is 17.2. The number of unbranched alkanes of at least 4 members (excludes halogenated alkanes) is 1. The van der Waals surface area contributed by atoms with E-state index in [0.717, 1.165) is 24.2 Å². The Kier molecular flexibility index (Phi) is 8.10. The molecule has 1 unspecified atom stereocenters. The lowest BCUT2D eigenvalue weighted by atomic mass is 10.1. The smallest absolute Gasteiger partial charge is 0.241 e. The summed E-state index contributed by atoms with van der Waals surface area (Å²) in [6.45, 7) is 3.09. The number of aliphatic hydroxyl groups is 2. The van der Waals surface area contributed by atoms with Gasteiger partial charge < -0.3 is 30.9 Å². The fraction of sp³-hybridized carbons (Fsp3) is 0.464. The van der Waals surface area contributed by atoms with Crippen molar-refractivity contribution in [1.82, 2.24) is 29.1 Å². The molecule has 0 amide bonds. The van der Waals surface area contributed by atoms with Crippen LogP contribution in [0.3, 0.4) is 0 Å². The number of sulfonamides is 1. The third-order valence-electron chi connectivity index (χ3n) is 7.88. The molecule has 2 aliphatic rings. The minimum Gasteiger partial charge on any atom is -0.387 e. The van der Waals surface area contributed by atoms with Gasteiger partial charge in [-0.2, -0.15) is 0 Å². The molecule has 2 aromatic carbocycles. The van der Waals surface area contributed by atoms with E-state index < -0.39 is 34.6 Å². The first-order valence-electron chi connectivity index (χ1n) is 14.3. The highest BCUT2D eigenvalue weighted by Gasteiger charge is 2.46. The highest BCUT2D eigenvalue weighted by molar-refractivity contribution is 7.89. The van der Waals surface area contributed by atoms with Gasteiger partial charge >= 0.3 is 0 Å². The van der Waals surface area contributed by atoms with Gasteiger partial charge in [-0.05, 0) is 25.0 Å². The van der Waals surface area contributed by atoms with Crippen molar-refractivity contribution in [3.8, 4) is 0 Å². The van der Waals surface area contributed by atoms with Gasteiger partial charge in [-0.1, -0.05) is 24.3 Å². The van der Waals surface area contributed by atoms with Crippen LogP contribution < -0.4 is 20.7 Å². The summed E-state index contributed by atoms with van der Waals surface area (Å²) < 4.78 is 36.9. The van der Waals surface area contributed by atoms with Crippen LogP contribution in [-0.2, 0) is 14.8 Å². The fourth-order valence-corrected chi connectivity index (χ4v) is 6.81. The van der Waals surface area contributed by atoms with Crippen molar-refractivity contribution in [2.45, 2.75) is 42.3 Å². The van der Waals surface area contributed by atoms with E-state index in [0.29, 0.717) is 48.4 Å². The molecule has 4 aromatic rings. The van der Waals surface area contributed by atoms with E-state index in [-0.39, 0.29) is 17.3 Å². The molecule has 4 heterocycles. The maximum atomic E-state index is 13.2. The van der Waals surface area contributed by atoms with Crippen molar-refractivity contribution in [2.75, 3.05) is 62.8 Å². The first kappa shape index (κ1) is 29.5. The summed E-state index contributed by atoms with van der Waals surface area (Å²) in [5.74, 6) is 0.542. The molecule has 15 heteroatoms. The number of hydrogen-bond acceptors (Lipinski definition) is 12. The zero-order valence-corrected chi connectivity index (χ0v) is 24.9. The predicted molar refractivity (Wildman–Crippen MR) is 163 cm³/mol. The minimum absolute atomic E-state index is 0.182. The summed E-state index contributed by atoms with van der Waals surface area (Å²) in [5.41, 5.74) is 7.73. The normalized spacial score (nSPS) is 22.4. The molecule has 2 aliphatic heterocycles. The van der Waals surface area contributed by atoms with Gasteiger partial charge in [-0.25, -0.2) is 28.1 Å².